The van der Waals surface area contributed by atoms with Gasteiger partial charge >= 0.3 is 6.18 Å². The largest absolute Gasteiger partial charge is 0.457 e. The lowest BCUT2D eigenvalue weighted by Crippen LogP contribution is -2.14. The van der Waals surface area contributed by atoms with E-state index in [1.807, 2.05) is 31.9 Å². The lowest BCUT2D eigenvalue weighted by atomic mass is 10.1. The molecule has 7 heteroatoms. The fourth-order valence-corrected chi connectivity index (χ4v) is 2.31. The predicted octanol–water partition coefficient (Wildman–Crippen LogP) is 5.60. The molecule has 27 heavy (non-hydrogen) atoms. The van der Waals surface area contributed by atoms with Gasteiger partial charge in [-0.05, 0) is 62.2 Å². The molecule has 0 aliphatic rings. The van der Waals surface area contributed by atoms with Gasteiger partial charge in [0.1, 0.15) is 11.5 Å². The maximum absolute atomic E-state index is 13.1. The zero-order chi connectivity index (χ0) is 20.2. The third kappa shape index (κ3) is 5.00. The van der Waals surface area contributed by atoms with Gasteiger partial charge < -0.3 is 9.64 Å². The average molecular weight is 375 g/mol. The van der Waals surface area contributed by atoms with E-state index in [1.165, 1.54) is 6.07 Å². The Labute approximate surface area is 156 Å². The molecule has 0 saturated heterocycles. The molecular weight excluding hydrogens is 355 g/mol. The van der Waals surface area contributed by atoms with Gasteiger partial charge in [-0.15, -0.1) is 0 Å². The lowest BCUT2D eigenvalue weighted by Gasteiger charge is -2.14. The van der Waals surface area contributed by atoms with Crippen LogP contribution in [0.3, 0.4) is 0 Å². The van der Waals surface area contributed by atoms with Gasteiger partial charge in [-0.2, -0.15) is 18.4 Å². The van der Waals surface area contributed by atoms with Crippen molar-refractivity contribution in [3.8, 4) is 17.6 Å². The summed E-state index contributed by atoms with van der Waals surface area (Å²) in [4.78, 5) is 6.34. The van der Waals surface area contributed by atoms with Crippen LogP contribution in [0.5, 0.6) is 11.5 Å². The van der Waals surface area contributed by atoms with E-state index in [4.69, 9.17) is 10.00 Å². The summed E-state index contributed by atoms with van der Waals surface area (Å²) in [5.41, 5.74) is 0.884. The molecule has 0 radical (unpaired) electrons. The fraction of sp³-hybridized carbons (Fsp3) is 0.300. The number of alkyl halides is 3. The first-order valence-corrected chi connectivity index (χ1v) is 8.30. The Kier molecular flexibility index (Phi) is 6.11. The highest BCUT2D eigenvalue weighted by atomic mass is 19.4. The number of rotatable bonds is 5. The van der Waals surface area contributed by atoms with Gasteiger partial charge in [0, 0.05) is 13.6 Å². The minimum Gasteiger partial charge on any atom is -0.457 e. The van der Waals surface area contributed by atoms with E-state index < -0.39 is 17.3 Å². The van der Waals surface area contributed by atoms with E-state index in [0.717, 1.165) is 35.5 Å². The van der Waals surface area contributed by atoms with Crippen molar-refractivity contribution < 1.29 is 17.9 Å². The van der Waals surface area contributed by atoms with Gasteiger partial charge in [-0.3, -0.25) is 0 Å². The SMILES string of the molecule is CCN(C)/C=N/c1cc(C)c(Oc2ccc(C#N)c(C(F)(F)F)c2)cc1C. The second kappa shape index (κ2) is 8.12. The van der Waals surface area contributed by atoms with Crippen molar-refractivity contribution in [3.63, 3.8) is 0 Å². The number of nitriles is 1. The Bertz CT molecular complexity index is 899. The number of nitrogens with zero attached hydrogens (tertiary/aromatic N) is 3. The highest BCUT2D eigenvalue weighted by Gasteiger charge is 2.34. The normalized spacial score (nSPS) is 11.5. The summed E-state index contributed by atoms with van der Waals surface area (Å²) >= 11 is 0. The minimum absolute atomic E-state index is 0.0193. The quantitative estimate of drug-likeness (QED) is 0.505. The number of hydrogen-bond acceptors (Lipinski definition) is 3. The van der Waals surface area contributed by atoms with Crippen LogP contribution in [0, 0.1) is 25.2 Å². The summed E-state index contributed by atoms with van der Waals surface area (Å²) in [6.45, 7) is 6.48. The van der Waals surface area contributed by atoms with Gasteiger partial charge in [-0.1, -0.05) is 0 Å². The molecule has 0 atom stereocenters. The highest BCUT2D eigenvalue weighted by molar-refractivity contribution is 5.64. The van der Waals surface area contributed by atoms with Gasteiger partial charge in [0.15, 0.2) is 0 Å². The van der Waals surface area contributed by atoms with E-state index in [0.29, 0.717) is 5.75 Å². The number of hydrogen-bond donors (Lipinski definition) is 0. The Morgan fingerprint density at radius 1 is 1.19 bits per heavy atom. The highest BCUT2D eigenvalue weighted by Crippen LogP contribution is 2.37. The second-order valence-corrected chi connectivity index (χ2v) is 6.14. The fourth-order valence-electron chi connectivity index (χ4n) is 2.31. The van der Waals surface area contributed by atoms with Gasteiger partial charge in [-0.25, -0.2) is 4.99 Å². The Morgan fingerprint density at radius 2 is 1.89 bits per heavy atom. The molecule has 0 fully saturated rings. The van der Waals surface area contributed by atoms with Crippen molar-refractivity contribution in [1.29, 1.82) is 5.26 Å². The van der Waals surface area contributed by atoms with Gasteiger partial charge in [0.25, 0.3) is 0 Å². The summed E-state index contributed by atoms with van der Waals surface area (Å²) in [5.74, 6) is 0.457. The third-order valence-electron chi connectivity index (χ3n) is 4.03. The van der Waals surface area contributed by atoms with Crippen molar-refractivity contribution in [2.75, 3.05) is 13.6 Å². The maximum atomic E-state index is 13.1. The summed E-state index contributed by atoms with van der Waals surface area (Å²) in [5, 5.41) is 8.87. The van der Waals surface area contributed by atoms with Crippen LogP contribution in [0.15, 0.2) is 35.3 Å². The van der Waals surface area contributed by atoms with Crippen molar-refractivity contribution >= 4 is 12.0 Å². The Hall–Kier alpha value is -3.01. The summed E-state index contributed by atoms with van der Waals surface area (Å²) in [6, 6.07) is 8.41. The van der Waals surface area contributed by atoms with Crippen LogP contribution in [0.1, 0.15) is 29.2 Å². The average Bonchev–Trinajstić information content (AvgIpc) is 2.62. The standard InChI is InChI=1S/C20H20F3N3O/c1-5-26(4)12-25-18-8-14(3)19(9-13(18)2)27-16-7-6-15(11-24)17(10-16)20(21,22)23/h6-10,12H,5H2,1-4H3/b25-12+. The van der Waals surface area contributed by atoms with Crippen LogP contribution < -0.4 is 4.74 Å². The van der Waals surface area contributed by atoms with Crippen LogP contribution in [0.2, 0.25) is 0 Å². The molecule has 2 aromatic carbocycles. The van der Waals surface area contributed by atoms with E-state index in [2.05, 4.69) is 4.99 Å². The van der Waals surface area contributed by atoms with E-state index in [9.17, 15) is 13.2 Å². The van der Waals surface area contributed by atoms with E-state index >= 15 is 0 Å². The summed E-state index contributed by atoms with van der Waals surface area (Å²) in [7, 11) is 1.91. The van der Waals surface area contributed by atoms with Crippen molar-refractivity contribution in [2.45, 2.75) is 26.9 Å². The molecule has 0 aliphatic carbocycles. The van der Waals surface area contributed by atoms with Crippen LogP contribution in [-0.2, 0) is 6.18 Å². The lowest BCUT2D eigenvalue weighted by molar-refractivity contribution is -0.137. The number of aryl methyl sites for hydroxylation is 2. The zero-order valence-corrected chi connectivity index (χ0v) is 15.6. The Balaban J connectivity index is 2.35. The van der Waals surface area contributed by atoms with E-state index in [1.54, 1.807) is 25.4 Å². The molecular formula is C20H20F3N3O. The minimum atomic E-state index is -4.63. The van der Waals surface area contributed by atoms with Gasteiger partial charge in [0.05, 0.1) is 29.2 Å². The molecule has 2 rings (SSSR count). The van der Waals surface area contributed by atoms with Crippen molar-refractivity contribution in [2.24, 2.45) is 4.99 Å². The number of halogens is 3. The molecule has 0 amide bonds. The monoisotopic (exact) mass is 375 g/mol. The van der Waals surface area contributed by atoms with Crippen LogP contribution in [0.25, 0.3) is 0 Å². The first-order valence-electron chi connectivity index (χ1n) is 8.30. The topological polar surface area (TPSA) is 48.6 Å². The molecule has 0 spiro atoms. The van der Waals surface area contributed by atoms with Crippen LogP contribution >= 0.6 is 0 Å². The van der Waals surface area contributed by atoms with Crippen LogP contribution in [-0.4, -0.2) is 24.8 Å². The molecule has 2 aromatic rings. The molecule has 0 heterocycles. The second-order valence-electron chi connectivity index (χ2n) is 6.14. The number of benzene rings is 2. The Morgan fingerprint density at radius 3 is 2.48 bits per heavy atom. The molecule has 142 valence electrons. The smallest absolute Gasteiger partial charge is 0.417 e. The van der Waals surface area contributed by atoms with Crippen molar-refractivity contribution in [3.05, 3.63) is 52.6 Å². The summed E-state index contributed by atoms with van der Waals surface area (Å²) in [6.07, 6.45) is -2.90. The number of aliphatic imine (C=N–C) groups is 1. The van der Waals surface area contributed by atoms with Crippen molar-refractivity contribution in [1.82, 2.24) is 4.90 Å². The number of ether oxygens (including phenoxy) is 1. The molecule has 0 unspecified atom stereocenters. The van der Waals surface area contributed by atoms with Gasteiger partial charge in [0.2, 0.25) is 0 Å². The molecule has 4 nitrogen and oxygen atoms in total. The molecule has 0 aliphatic heterocycles. The first-order chi connectivity index (χ1) is 12.7. The van der Waals surface area contributed by atoms with E-state index in [-0.39, 0.29) is 5.75 Å². The molecule has 0 saturated carbocycles. The summed E-state index contributed by atoms with van der Waals surface area (Å²) < 4.78 is 45.0. The third-order valence-corrected chi connectivity index (χ3v) is 4.03. The first kappa shape index (κ1) is 20.3. The molecule has 0 aromatic heterocycles. The molecule has 0 bridgehead atoms. The molecule has 0 N–H and O–H groups in total. The van der Waals surface area contributed by atoms with Crippen LogP contribution in [0.4, 0.5) is 18.9 Å². The maximum Gasteiger partial charge on any atom is 0.417 e. The zero-order valence-electron chi connectivity index (χ0n) is 15.6. The predicted molar refractivity (Wildman–Crippen MR) is 98.6 cm³/mol.